The van der Waals surface area contributed by atoms with Crippen LogP contribution in [0.5, 0.6) is 0 Å². The largest absolute Gasteiger partial charge is 0.479 e. The van der Waals surface area contributed by atoms with Crippen LogP contribution in [0.2, 0.25) is 5.02 Å². The fraction of sp³-hybridized carbons (Fsp3) is 0.467. The van der Waals surface area contributed by atoms with E-state index in [1.807, 2.05) is 24.3 Å². The molecule has 0 radical (unpaired) electrons. The lowest BCUT2D eigenvalue weighted by molar-refractivity contribution is -0.149. The monoisotopic (exact) mass is 345 g/mol. The first-order valence-corrected chi connectivity index (χ1v) is 8.15. The Labute approximate surface area is 139 Å². The van der Waals surface area contributed by atoms with Crippen molar-refractivity contribution < 1.29 is 19.4 Å². The fourth-order valence-corrected chi connectivity index (χ4v) is 2.74. The van der Waals surface area contributed by atoms with Gasteiger partial charge in [-0.15, -0.1) is 11.8 Å². The van der Waals surface area contributed by atoms with Gasteiger partial charge in [0.05, 0.1) is 6.61 Å². The number of methoxy groups -OCH3 is 1. The third-order valence-electron chi connectivity index (χ3n) is 2.95. The van der Waals surface area contributed by atoms with Gasteiger partial charge in [-0.3, -0.25) is 4.79 Å². The minimum absolute atomic E-state index is 0.0758. The number of nitrogens with one attached hydrogen (secondary N) is 1. The summed E-state index contributed by atoms with van der Waals surface area (Å²) in [5.41, 5.74) is -1.39. The molecule has 0 aliphatic carbocycles. The molecule has 1 atom stereocenters. The van der Waals surface area contributed by atoms with Gasteiger partial charge in [-0.25, -0.2) is 4.79 Å². The summed E-state index contributed by atoms with van der Waals surface area (Å²) in [6.07, 6.45) is 0.926. The molecule has 2 N–H and O–H groups in total. The second-order valence-electron chi connectivity index (χ2n) is 5.02. The number of hydrogen-bond acceptors (Lipinski definition) is 4. The van der Waals surface area contributed by atoms with Gasteiger partial charge in [-0.05, 0) is 43.4 Å². The molecule has 0 fully saturated rings. The summed E-state index contributed by atoms with van der Waals surface area (Å²) < 4.78 is 4.85. The Bertz CT molecular complexity index is 509. The van der Waals surface area contributed by atoms with Crippen LogP contribution in [-0.2, 0) is 14.3 Å². The van der Waals surface area contributed by atoms with Crippen molar-refractivity contribution in [3.05, 3.63) is 29.3 Å². The summed E-state index contributed by atoms with van der Waals surface area (Å²) in [5.74, 6) is -0.639. The highest BCUT2D eigenvalue weighted by Crippen LogP contribution is 2.21. The number of ether oxygens (including phenoxy) is 1. The fourth-order valence-electron chi connectivity index (χ4n) is 1.76. The summed E-state index contributed by atoms with van der Waals surface area (Å²) in [7, 11) is 1.40. The molecule has 1 aromatic carbocycles. The van der Waals surface area contributed by atoms with Gasteiger partial charge in [-0.1, -0.05) is 11.6 Å². The maximum atomic E-state index is 11.8. The topological polar surface area (TPSA) is 75.6 Å². The zero-order valence-corrected chi connectivity index (χ0v) is 14.2. The molecule has 1 amide bonds. The third kappa shape index (κ3) is 6.25. The molecule has 7 heteroatoms. The average molecular weight is 346 g/mol. The van der Waals surface area contributed by atoms with Crippen molar-refractivity contribution in [2.45, 2.75) is 30.2 Å². The highest BCUT2D eigenvalue weighted by Gasteiger charge is 2.34. The van der Waals surface area contributed by atoms with E-state index in [0.717, 1.165) is 10.6 Å². The number of amides is 1. The number of carboxylic acid groups (broad SMARTS) is 1. The summed E-state index contributed by atoms with van der Waals surface area (Å²) in [6.45, 7) is 1.35. The van der Waals surface area contributed by atoms with Gasteiger partial charge < -0.3 is 15.2 Å². The number of thioether (sulfide) groups is 1. The molecule has 0 heterocycles. The molecule has 1 unspecified atom stereocenters. The Balaban J connectivity index is 2.33. The van der Waals surface area contributed by atoms with E-state index in [0.29, 0.717) is 11.4 Å². The number of carbonyl (C=O) groups is 2. The third-order valence-corrected chi connectivity index (χ3v) is 4.30. The van der Waals surface area contributed by atoms with Crippen molar-refractivity contribution in [1.29, 1.82) is 0 Å². The Morgan fingerprint density at radius 2 is 2.00 bits per heavy atom. The molecule has 0 saturated heterocycles. The first kappa shape index (κ1) is 18.8. The lowest BCUT2D eigenvalue weighted by Gasteiger charge is -2.25. The predicted molar refractivity (Wildman–Crippen MR) is 87.5 cm³/mol. The van der Waals surface area contributed by atoms with E-state index in [9.17, 15) is 9.59 Å². The van der Waals surface area contributed by atoms with Gasteiger partial charge in [0.2, 0.25) is 5.91 Å². The number of carboxylic acids is 1. The lowest BCUT2D eigenvalue weighted by Crippen LogP contribution is -2.55. The van der Waals surface area contributed by atoms with Crippen LogP contribution in [0, 0.1) is 0 Å². The summed E-state index contributed by atoms with van der Waals surface area (Å²) >= 11 is 7.43. The average Bonchev–Trinajstić information content (AvgIpc) is 2.45. The summed E-state index contributed by atoms with van der Waals surface area (Å²) in [5, 5.41) is 12.3. The van der Waals surface area contributed by atoms with E-state index in [2.05, 4.69) is 5.32 Å². The minimum atomic E-state index is -1.39. The van der Waals surface area contributed by atoms with E-state index in [4.69, 9.17) is 21.4 Å². The molecule has 1 aromatic rings. The Hall–Kier alpha value is -1.24. The standard InChI is InChI=1S/C15H20ClNO4S/c1-15(10-21-2,14(19)20)17-13(18)4-3-9-22-12-7-5-11(16)6-8-12/h5-8H,3-4,9-10H2,1-2H3,(H,17,18)(H,19,20). The first-order chi connectivity index (χ1) is 10.4. The molecule has 5 nitrogen and oxygen atoms in total. The van der Waals surface area contributed by atoms with Crippen molar-refractivity contribution in [3.8, 4) is 0 Å². The second kappa shape index (κ2) is 9.02. The highest BCUT2D eigenvalue weighted by atomic mass is 35.5. The smallest absolute Gasteiger partial charge is 0.331 e. The molecule has 1 rings (SSSR count). The lowest BCUT2D eigenvalue weighted by atomic mass is 10.0. The van der Waals surface area contributed by atoms with E-state index in [-0.39, 0.29) is 18.9 Å². The Morgan fingerprint density at radius 1 is 1.36 bits per heavy atom. The minimum Gasteiger partial charge on any atom is -0.479 e. The van der Waals surface area contributed by atoms with Crippen LogP contribution in [0.25, 0.3) is 0 Å². The van der Waals surface area contributed by atoms with Crippen molar-refractivity contribution >= 4 is 35.2 Å². The predicted octanol–water partition coefficient (Wildman–Crippen LogP) is 2.82. The maximum Gasteiger partial charge on any atom is 0.331 e. The molecule has 0 saturated carbocycles. The number of hydrogen-bond donors (Lipinski definition) is 2. The molecule has 0 spiro atoms. The van der Waals surface area contributed by atoms with Gasteiger partial charge in [0.15, 0.2) is 5.54 Å². The molecule has 0 aliphatic heterocycles. The van der Waals surface area contributed by atoms with Crippen LogP contribution in [0.3, 0.4) is 0 Å². The summed E-state index contributed by atoms with van der Waals surface area (Å²) in [4.78, 5) is 24.1. The normalized spacial score (nSPS) is 13.4. The maximum absolute atomic E-state index is 11.8. The van der Waals surface area contributed by atoms with Gasteiger partial charge >= 0.3 is 5.97 Å². The summed E-state index contributed by atoms with van der Waals surface area (Å²) in [6, 6.07) is 7.49. The first-order valence-electron chi connectivity index (χ1n) is 6.79. The molecule has 122 valence electrons. The molecule has 0 aliphatic rings. The van der Waals surface area contributed by atoms with E-state index < -0.39 is 11.5 Å². The molecule has 0 aromatic heterocycles. The zero-order chi connectivity index (χ0) is 16.6. The van der Waals surface area contributed by atoms with Crippen LogP contribution in [0.1, 0.15) is 19.8 Å². The van der Waals surface area contributed by atoms with Crippen LogP contribution in [0.4, 0.5) is 0 Å². The van der Waals surface area contributed by atoms with Gasteiger partial charge in [-0.2, -0.15) is 0 Å². The van der Waals surface area contributed by atoms with E-state index in [1.54, 1.807) is 11.8 Å². The quantitative estimate of drug-likeness (QED) is 0.531. The second-order valence-corrected chi connectivity index (χ2v) is 6.63. The molecular weight excluding hydrogens is 326 g/mol. The number of carbonyl (C=O) groups excluding carboxylic acids is 1. The van der Waals surface area contributed by atoms with Gasteiger partial charge in [0.1, 0.15) is 0 Å². The van der Waals surface area contributed by atoms with E-state index >= 15 is 0 Å². The van der Waals surface area contributed by atoms with Crippen LogP contribution < -0.4 is 5.32 Å². The Kier molecular flexibility index (Phi) is 7.72. The van der Waals surface area contributed by atoms with Crippen LogP contribution >= 0.6 is 23.4 Å². The number of benzene rings is 1. The Morgan fingerprint density at radius 3 is 2.55 bits per heavy atom. The molecular formula is C15H20ClNO4S. The van der Waals surface area contributed by atoms with Crippen LogP contribution in [-0.4, -0.2) is 42.0 Å². The number of rotatable bonds is 9. The molecule has 22 heavy (non-hydrogen) atoms. The molecule has 0 bridgehead atoms. The van der Waals surface area contributed by atoms with Gasteiger partial charge in [0.25, 0.3) is 0 Å². The highest BCUT2D eigenvalue weighted by molar-refractivity contribution is 7.99. The number of halogens is 1. The van der Waals surface area contributed by atoms with E-state index in [1.165, 1.54) is 14.0 Å². The van der Waals surface area contributed by atoms with Crippen LogP contribution in [0.15, 0.2) is 29.2 Å². The van der Waals surface area contributed by atoms with Crippen molar-refractivity contribution in [2.24, 2.45) is 0 Å². The zero-order valence-electron chi connectivity index (χ0n) is 12.6. The SMILES string of the molecule is COCC(C)(NC(=O)CCCSc1ccc(Cl)cc1)C(=O)O. The van der Waals surface area contributed by atoms with Crippen molar-refractivity contribution in [2.75, 3.05) is 19.5 Å². The van der Waals surface area contributed by atoms with Crippen molar-refractivity contribution in [3.63, 3.8) is 0 Å². The van der Waals surface area contributed by atoms with Crippen molar-refractivity contribution in [1.82, 2.24) is 5.32 Å². The van der Waals surface area contributed by atoms with Gasteiger partial charge in [0, 0.05) is 23.4 Å². The number of aliphatic carboxylic acids is 1.